The molecule has 1 N–H and O–H groups in total. The molecule has 0 spiro atoms. The van der Waals surface area contributed by atoms with Crippen molar-refractivity contribution in [2.45, 2.75) is 52.1 Å². The van der Waals surface area contributed by atoms with Crippen LogP contribution in [0, 0.1) is 11.8 Å². The maximum atomic E-state index is 4.50. The van der Waals surface area contributed by atoms with Crippen LogP contribution in [0.15, 0.2) is 10.7 Å². The summed E-state index contributed by atoms with van der Waals surface area (Å²) in [6, 6.07) is 0.422. The molecule has 3 atom stereocenters. The molecule has 1 heterocycles. The number of rotatable bonds is 5. The van der Waals surface area contributed by atoms with E-state index in [0.717, 1.165) is 29.3 Å². The quantitative estimate of drug-likeness (QED) is 0.897. The van der Waals surface area contributed by atoms with Crippen molar-refractivity contribution in [2.24, 2.45) is 11.8 Å². The molecule has 1 fully saturated rings. The van der Waals surface area contributed by atoms with E-state index < -0.39 is 0 Å². The summed E-state index contributed by atoms with van der Waals surface area (Å²) in [6.07, 6.45) is 7.12. The molecule has 1 aliphatic carbocycles. The van der Waals surface area contributed by atoms with Crippen LogP contribution in [0.1, 0.15) is 51.3 Å². The van der Waals surface area contributed by atoms with Gasteiger partial charge in [-0.1, -0.05) is 26.7 Å². The lowest BCUT2D eigenvalue weighted by Crippen LogP contribution is -2.29. The van der Waals surface area contributed by atoms with Crippen molar-refractivity contribution in [3.63, 3.8) is 0 Å². The Morgan fingerprint density at radius 1 is 1.56 bits per heavy atom. The standard InChI is InChI=1S/C14H24BrN3/c1-4-8-18-14(12(15)9-17-18)13(16-3)11-7-5-6-10(11)2/h9-11,13,16H,4-8H2,1-3H3. The van der Waals surface area contributed by atoms with E-state index in [1.54, 1.807) is 0 Å². The molecule has 18 heavy (non-hydrogen) atoms. The van der Waals surface area contributed by atoms with E-state index in [-0.39, 0.29) is 0 Å². The molecular weight excluding hydrogens is 290 g/mol. The SMILES string of the molecule is CCCn1ncc(Br)c1C(NC)C1CCCC1C. The molecule has 0 bridgehead atoms. The molecule has 0 saturated heterocycles. The van der Waals surface area contributed by atoms with Gasteiger partial charge in [-0.25, -0.2) is 0 Å². The van der Waals surface area contributed by atoms with Crippen LogP contribution in [0.2, 0.25) is 0 Å². The molecule has 0 amide bonds. The Morgan fingerprint density at radius 3 is 2.89 bits per heavy atom. The average Bonchev–Trinajstić information content (AvgIpc) is 2.91. The van der Waals surface area contributed by atoms with Crippen LogP contribution in [0.5, 0.6) is 0 Å². The first kappa shape index (κ1) is 14.1. The molecular formula is C14H24BrN3. The van der Waals surface area contributed by atoms with E-state index in [4.69, 9.17) is 0 Å². The first-order chi connectivity index (χ1) is 8.69. The smallest absolute Gasteiger partial charge is 0.0698 e. The van der Waals surface area contributed by atoms with E-state index in [2.05, 4.69) is 51.9 Å². The number of aryl methyl sites for hydroxylation is 1. The number of halogens is 1. The summed E-state index contributed by atoms with van der Waals surface area (Å²) in [6.45, 7) is 5.59. The average molecular weight is 314 g/mol. The van der Waals surface area contributed by atoms with Crippen molar-refractivity contribution in [3.05, 3.63) is 16.4 Å². The van der Waals surface area contributed by atoms with Crippen LogP contribution in [0.3, 0.4) is 0 Å². The third kappa shape index (κ3) is 2.64. The van der Waals surface area contributed by atoms with E-state index in [9.17, 15) is 0 Å². The van der Waals surface area contributed by atoms with Gasteiger partial charge in [0, 0.05) is 6.54 Å². The fourth-order valence-electron chi connectivity index (χ4n) is 3.29. The van der Waals surface area contributed by atoms with Gasteiger partial charge in [0.15, 0.2) is 0 Å². The fourth-order valence-corrected chi connectivity index (χ4v) is 3.84. The monoisotopic (exact) mass is 313 g/mol. The summed E-state index contributed by atoms with van der Waals surface area (Å²) in [7, 11) is 2.07. The highest BCUT2D eigenvalue weighted by atomic mass is 79.9. The van der Waals surface area contributed by atoms with Gasteiger partial charge in [0.25, 0.3) is 0 Å². The van der Waals surface area contributed by atoms with Gasteiger partial charge in [0.2, 0.25) is 0 Å². The van der Waals surface area contributed by atoms with Crippen LogP contribution in [0.25, 0.3) is 0 Å². The summed E-state index contributed by atoms with van der Waals surface area (Å²) < 4.78 is 3.31. The van der Waals surface area contributed by atoms with Gasteiger partial charge in [-0.05, 0) is 47.7 Å². The number of nitrogens with zero attached hydrogens (tertiary/aromatic N) is 2. The number of nitrogens with one attached hydrogen (secondary N) is 1. The normalized spacial score (nSPS) is 25.6. The molecule has 0 aromatic carbocycles. The largest absolute Gasteiger partial charge is 0.311 e. The summed E-state index contributed by atoms with van der Waals surface area (Å²) in [5, 5.41) is 8.03. The predicted molar refractivity (Wildman–Crippen MR) is 78.5 cm³/mol. The highest BCUT2D eigenvalue weighted by Gasteiger charge is 2.33. The molecule has 3 unspecified atom stereocenters. The van der Waals surface area contributed by atoms with E-state index >= 15 is 0 Å². The van der Waals surface area contributed by atoms with Crippen LogP contribution >= 0.6 is 15.9 Å². The topological polar surface area (TPSA) is 29.9 Å². The lowest BCUT2D eigenvalue weighted by molar-refractivity contribution is 0.299. The molecule has 1 aromatic rings. The Hall–Kier alpha value is -0.350. The lowest BCUT2D eigenvalue weighted by atomic mass is 9.88. The predicted octanol–water partition coefficient (Wildman–Crippen LogP) is 3.75. The summed E-state index contributed by atoms with van der Waals surface area (Å²) in [5.41, 5.74) is 1.33. The molecule has 2 rings (SSSR count). The minimum Gasteiger partial charge on any atom is -0.311 e. The second-order valence-corrected chi connectivity index (χ2v) is 6.29. The summed E-state index contributed by atoms with van der Waals surface area (Å²) in [5.74, 6) is 1.54. The summed E-state index contributed by atoms with van der Waals surface area (Å²) in [4.78, 5) is 0. The second-order valence-electron chi connectivity index (χ2n) is 5.44. The third-order valence-electron chi connectivity index (χ3n) is 4.23. The van der Waals surface area contributed by atoms with Gasteiger partial charge in [0.1, 0.15) is 0 Å². The third-order valence-corrected chi connectivity index (χ3v) is 4.84. The number of hydrogen-bond donors (Lipinski definition) is 1. The van der Waals surface area contributed by atoms with Crippen molar-refractivity contribution < 1.29 is 0 Å². The van der Waals surface area contributed by atoms with Crippen molar-refractivity contribution in [3.8, 4) is 0 Å². The van der Waals surface area contributed by atoms with Crippen molar-refractivity contribution >= 4 is 15.9 Å². The maximum absolute atomic E-state index is 4.50. The molecule has 0 radical (unpaired) electrons. The lowest BCUT2D eigenvalue weighted by Gasteiger charge is -2.27. The molecule has 102 valence electrons. The Balaban J connectivity index is 2.28. The first-order valence-electron chi connectivity index (χ1n) is 7.07. The van der Waals surface area contributed by atoms with Crippen molar-refractivity contribution in [1.82, 2.24) is 15.1 Å². The molecule has 0 aliphatic heterocycles. The molecule has 3 nitrogen and oxygen atoms in total. The van der Waals surface area contributed by atoms with Crippen LogP contribution in [-0.2, 0) is 6.54 Å². The highest BCUT2D eigenvalue weighted by Crippen LogP contribution is 2.41. The highest BCUT2D eigenvalue weighted by molar-refractivity contribution is 9.10. The zero-order valence-corrected chi connectivity index (χ0v) is 13.2. The van der Waals surface area contributed by atoms with Crippen molar-refractivity contribution in [1.29, 1.82) is 0 Å². The van der Waals surface area contributed by atoms with E-state index in [0.29, 0.717) is 6.04 Å². The fraction of sp³-hybridized carbons (Fsp3) is 0.786. The zero-order valence-electron chi connectivity index (χ0n) is 11.6. The van der Waals surface area contributed by atoms with E-state index in [1.165, 1.54) is 25.0 Å². The second kappa shape index (κ2) is 6.20. The molecule has 1 saturated carbocycles. The first-order valence-corrected chi connectivity index (χ1v) is 7.86. The van der Waals surface area contributed by atoms with Crippen LogP contribution in [-0.4, -0.2) is 16.8 Å². The van der Waals surface area contributed by atoms with Crippen LogP contribution < -0.4 is 5.32 Å². The number of aromatic nitrogens is 2. The Kier molecular flexibility index (Phi) is 4.84. The van der Waals surface area contributed by atoms with Gasteiger partial charge < -0.3 is 5.32 Å². The summed E-state index contributed by atoms with van der Waals surface area (Å²) >= 11 is 3.67. The van der Waals surface area contributed by atoms with Crippen LogP contribution in [0.4, 0.5) is 0 Å². The van der Waals surface area contributed by atoms with E-state index in [1.807, 2.05) is 6.20 Å². The van der Waals surface area contributed by atoms with Gasteiger partial charge in [-0.15, -0.1) is 0 Å². The zero-order chi connectivity index (χ0) is 13.1. The van der Waals surface area contributed by atoms with Gasteiger partial charge in [-0.2, -0.15) is 5.10 Å². The number of hydrogen-bond acceptors (Lipinski definition) is 2. The minimum atomic E-state index is 0.422. The maximum Gasteiger partial charge on any atom is 0.0698 e. The Labute approximate surface area is 118 Å². The molecule has 4 heteroatoms. The van der Waals surface area contributed by atoms with Crippen molar-refractivity contribution in [2.75, 3.05) is 7.05 Å². The molecule has 1 aromatic heterocycles. The molecule has 1 aliphatic rings. The van der Waals surface area contributed by atoms with Gasteiger partial charge in [0.05, 0.1) is 22.4 Å². The minimum absolute atomic E-state index is 0.422. The Bertz CT molecular complexity index is 388. The van der Waals surface area contributed by atoms with Gasteiger partial charge >= 0.3 is 0 Å². The Morgan fingerprint density at radius 2 is 2.33 bits per heavy atom. The van der Waals surface area contributed by atoms with Gasteiger partial charge in [-0.3, -0.25) is 4.68 Å².